The van der Waals surface area contributed by atoms with Gasteiger partial charge in [0.2, 0.25) is 0 Å². The fourth-order valence-electron chi connectivity index (χ4n) is 1.47. The molecule has 0 spiro atoms. The van der Waals surface area contributed by atoms with Crippen LogP contribution in [0.4, 0.5) is 5.69 Å². The molecular formula is C13H8BrClN2O3. The molecule has 2 aromatic rings. The highest BCUT2D eigenvalue weighted by molar-refractivity contribution is 9.10. The Balaban J connectivity index is 2.21. The number of amides is 1. The minimum Gasteiger partial charge on any atom is -0.477 e. The van der Waals surface area contributed by atoms with Gasteiger partial charge in [-0.2, -0.15) is 0 Å². The number of rotatable bonds is 3. The van der Waals surface area contributed by atoms with E-state index in [0.717, 1.165) is 0 Å². The summed E-state index contributed by atoms with van der Waals surface area (Å²) in [5.41, 5.74) is 0.574. The van der Waals surface area contributed by atoms with Crippen LogP contribution in [0.2, 0.25) is 5.02 Å². The van der Waals surface area contributed by atoms with Gasteiger partial charge in [-0.1, -0.05) is 11.6 Å². The predicted molar refractivity (Wildman–Crippen MR) is 78.3 cm³/mol. The van der Waals surface area contributed by atoms with Crippen LogP contribution in [0, 0.1) is 0 Å². The second-order valence-corrected chi connectivity index (χ2v) is 5.08. The van der Waals surface area contributed by atoms with Crippen LogP contribution in [0.25, 0.3) is 0 Å². The zero-order valence-corrected chi connectivity index (χ0v) is 12.3. The summed E-state index contributed by atoms with van der Waals surface area (Å²) in [5, 5.41) is 11.8. The topological polar surface area (TPSA) is 79.3 Å². The predicted octanol–water partition coefficient (Wildman–Crippen LogP) is 3.45. The van der Waals surface area contributed by atoms with Crippen LogP contribution >= 0.6 is 27.5 Å². The maximum absolute atomic E-state index is 12.0. The van der Waals surface area contributed by atoms with Crippen molar-refractivity contribution in [2.75, 3.05) is 5.32 Å². The van der Waals surface area contributed by atoms with E-state index in [1.807, 2.05) is 0 Å². The van der Waals surface area contributed by atoms with Gasteiger partial charge in [0.15, 0.2) is 0 Å². The molecule has 0 atom stereocenters. The Morgan fingerprint density at radius 3 is 2.65 bits per heavy atom. The summed E-state index contributed by atoms with van der Waals surface area (Å²) in [6.07, 6.45) is 1.31. The van der Waals surface area contributed by atoms with Gasteiger partial charge < -0.3 is 10.4 Å². The third kappa shape index (κ3) is 3.34. The molecular weight excluding hydrogens is 348 g/mol. The van der Waals surface area contributed by atoms with Crippen LogP contribution in [0.1, 0.15) is 20.8 Å². The second kappa shape index (κ2) is 6.02. The van der Waals surface area contributed by atoms with Crippen LogP contribution in [0.5, 0.6) is 0 Å². The number of anilines is 1. The number of aromatic nitrogens is 1. The number of pyridine rings is 1. The SMILES string of the molecule is O=C(Nc1ccnc(C(=O)O)c1)c1ccc(Br)c(Cl)c1. The Morgan fingerprint density at radius 2 is 2.00 bits per heavy atom. The number of carbonyl (C=O) groups excluding carboxylic acids is 1. The number of benzene rings is 1. The normalized spacial score (nSPS) is 10.1. The van der Waals surface area contributed by atoms with Crippen molar-refractivity contribution in [1.82, 2.24) is 4.98 Å². The van der Waals surface area contributed by atoms with E-state index in [9.17, 15) is 9.59 Å². The molecule has 0 bridgehead atoms. The zero-order valence-electron chi connectivity index (χ0n) is 9.93. The molecule has 7 heteroatoms. The highest BCUT2D eigenvalue weighted by Crippen LogP contribution is 2.23. The fraction of sp³-hybridized carbons (Fsp3) is 0. The molecule has 2 rings (SSSR count). The number of nitrogens with zero attached hydrogens (tertiary/aromatic N) is 1. The summed E-state index contributed by atoms with van der Waals surface area (Å²) >= 11 is 9.15. The average molecular weight is 356 g/mol. The van der Waals surface area contributed by atoms with Crippen molar-refractivity contribution in [2.45, 2.75) is 0 Å². The summed E-state index contributed by atoms with van der Waals surface area (Å²) in [5.74, 6) is -1.55. The molecule has 0 fully saturated rings. The zero-order chi connectivity index (χ0) is 14.7. The molecule has 2 N–H and O–H groups in total. The molecule has 0 aliphatic carbocycles. The average Bonchev–Trinajstić information content (AvgIpc) is 2.42. The fourth-order valence-corrected chi connectivity index (χ4v) is 1.89. The minimum atomic E-state index is -1.16. The van der Waals surface area contributed by atoms with E-state index in [-0.39, 0.29) is 11.6 Å². The Hall–Kier alpha value is -1.92. The lowest BCUT2D eigenvalue weighted by Gasteiger charge is -2.06. The smallest absolute Gasteiger partial charge is 0.354 e. The number of carboxylic acid groups (broad SMARTS) is 1. The first kappa shape index (κ1) is 14.5. The first-order chi connectivity index (χ1) is 9.47. The van der Waals surface area contributed by atoms with Gasteiger partial charge >= 0.3 is 5.97 Å². The number of hydrogen-bond acceptors (Lipinski definition) is 3. The molecule has 1 heterocycles. The standard InChI is InChI=1S/C13H8BrClN2O3/c14-9-2-1-7(5-10(9)15)12(18)17-8-3-4-16-11(6-8)13(19)20/h1-6H,(H,19,20)(H,16,17,18). The molecule has 0 saturated carbocycles. The molecule has 0 aliphatic rings. The molecule has 1 aromatic heterocycles. The van der Waals surface area contributed by atoms with Gasteiger partial charge in [0.05, 0.1) is 5.02 Å². The van der Waals surface area contributed by atoms with E-state index in [0.29, 0.717) is 20.7 Å². The maximum atomic E-state index is 12.0. The molecule has 1 amide bonds. The Labute approximate surface area is 127 Å². The summed E-state index contributed by atoms with van der Waals surface area (Å²) in [6, 6.07) is 7.56. The molecule has 0 aliphatic heterocycles. The summed E-state index contributed by atoms with van der Waals surface area (Å²) < 4.78 is 0.688. The van der Waals surface area contributed by atoms with E-state index in [2.05, 4.69) is 26.2 Å². The van der Waals surface area contributed by atoms with Gasteiger partial charge in [-0.05, 0) is 46.3 Å². The Kier molecular flexibility index (Phi) is 4.36. The number of aromatic carboxylic acids is 1. The molecule has 5 nitrogen and oxygen atoms in total. The van der Waals surface area contributed by atoms with E-state index in [4.69, 9.17) is 16.7 Å². The lowest BCUT2D eigenvalue weighted by Crippen LogP contribution is -2.12. The number of hydrogen-bond donors (Lipinski definition) is 2. The lowest BCUT2D eigenvalue weighted by atomic mass is 10.2. The molecule has 1 aromatic carbocycles. The van der Waals surface area contributed by atoms with Crippen LogP contribution in [-0.2, 0) is 0 Å². The molecule has 0 radical (unpaired) electrons. The molecule has 20 heavy (non-hydrogen) atoms. The van der Waals surface area contributed by atoms with Gasteiger partial charge in [0.1, 0.15) is 5.69 Å². The van der Waals surface area contributed by atoms with Crippen molar-refractivity contribution >= 4 is 45.1 Å². The molecule has 102 valence electrons. The number of halogens is 2. The van der Waals surface area contributed by atoms with Crippen LogP contribution in [0.15, 0.2) is 41.0 Å². The molecule has 0 unspecified atom stereocenters. The number of carboxylic acids is 1. The number of carbonyl (C=O) groups is 2. The van der Waals surface area contributed by atoms with Crippen molar-refractivity contribution in [3.8, 4) is 0 Å². The van der Waals surface area contributed by atoms with Gasteiger partial charge in [0.25, 0.3) is 5.91 Å². The third-order valence-corrected chi connectivity index (χ3v) is 3.65. The largest absolute Gasteiger partial charge is 0.477 e. The van der Waals surface area contributed by atoms with Crippen molar-refractivity contribution in [2.24, 2.45) is 0 Å². The van der Waals surface area contributed by atoms with Gasteiger partial charge in [0, 0.05) is 21.9 Å². The van der Waals surface area contributed by atoms with E-state index in [1.165, 1.54) is 24.4 Å². The van der Waals surface area contributed by atoms with E-state index < -0.39 is 5.97 Å². The van der Waals surface area contributed by atoms with Gasteiger partial charge in [-0.3, -0.25) is 4.79 Å². The van der Waals surface area contributed by atoms with Crippen LogP contribution < -0.4 is 5.32 Å². The quantitative estimate of drug-likeness (QED) is 0.884. The third-order valence-electron chi connectivity index (χ3n) is 2.42. The Bertz CT molecular complexity index is 691. The first-order valence-electron chi connectivity index (χ1n) is 5.43. The van der Waals surface area contributed by atoms with Gasteiger partial charge in [-0.25, -0.2) is 9.78 Å². The Morgan fingerprint density at radius 1 is 1.25 bits per heavy atom. The van der Waals surface area contributed by atoms with Crippen molar-refractivity contribution in [3.05, 3.63) is 57.3 Å². The van der Waals surface area contributed by atoms with Crippen molar-refractivity contribution in [3.63, 3.8) is 0 Å². The maximum Gasteiger partial charge on any atom is 0.354 e. The van der Waals surface area contributed by atoms with Gasteiger partial charge in [-0.15, -0.1) is 0 Å². The van der Waals surface area contributed by atoms with Crippen LogP contribution in [0.3, 0.4) is 0 Å². The number of nitrogens with one attached hydrogen (secondary N) is 1. The van der Waals surface area contributed by atoms with Crippen LogP contribution in [-0.4, -0.2) is 22.0 Å². The summed E-state index contributed by atoms with van der Waals surface area (Å²) in [4.78, 5) is 26.5. The van der Waals surface area contributed by atoms with Crippen molar-refractivity contribution < 1.29 is 14.7 Å². The highest BCUT2D eigenvalue weighted by atomic mass is 79.9. The van der Waals surface area contributed by atoms with E-state index in [1.54, 1.807) is 12.1 Å². The second-order valence-electron chi connectivity index (χ2n) is 3.82. The highest BCUT2D eigenvalue weighted by Gasteiger charge is 2.10. The summed E-state index contributed by atoms with van der Waals surface area (Å²) in [6.45, 7) is 0. The first-order valence-corrected chi connectivity index (χ1v) is 6.60. The monoisotopic (exact) mass is 354 g/mol. The minimum absolute atomic E-state index is 0.142. The lowest BCUT2D eigenvalue weighted by molar-refractivity contribution is 0.0690. The van der Waals surface area contributed by atoms with Crippen molar-refractivity contribution in [1.29, 1.82) is 0 Å². The van der Waals surface area contributed by atoms with E-state index >= 15 is 0 Å². The molecule has 0 saturated heterocycles. The summed E-state index contributed by atoms with van der Waals surface area (Å²) in [7, 11) is 0.